The van der Waals surface area contributed by atoms with Gasteiger partial charge in [0.2, 0.25) is 0 Å². The first-order chi connectivity index (χ1) is 29.1. The zero-order chi connectivity index (χ0) is 39.5. The average Bonchev–Trinajstić information content (AvgIpc) is 3.30. The van der Waals surface area contributed by atoms with Crippen LogP contribution in [0.3, 0.4) is 0 Å². The minimum absolute atomic E-state index is 0.295. The van der Waals surface area contributed by atoms with Gasteiger partial charge in [0.1, 0.15) is 0 Å². The Kier molecular flexibility index (Phi) is 8.20. The lowest BCUT2D eigenvalue weighted by molar-refractivity contribution is 0.634. The summed E-state index contributed by atoms with van der Waals surface area (Å²) in [4.78, 5) is 4.89. The maximum Gasteiger partial charge on any atom is 0.0618 e. The molecule has 1 aliphatic rings. The number of para-hydroxylation sites is 3. The van der Waals surface area contributed by atoms with Gasteiger partial charge in [-0.2, -0.15) is 0 Å². The van der Waals surface area contributed by atoms with Gasteiger partial charge >= 0.3 is 0 Å². The molecule has 10 aromatic rings. The van der Waals surface area contributed by atoms with E-state index in [1.807, 2.05) is 0 Å². The minimum Gasteiger partial charge on any atom is -0.311 e. The zero-order valence-corrected chi connectivity index (χ0v) is 33.2. The lowest BCUT2D eigenvalue weighted by Gasteiger charge is -2.44. The van der Waals surface area contributed by atoms with Crippen molar-refractivity contribution in [3.8, 4) is 22.3 Å². The SMILES string of the molecule is CC1(C)c2ccccc2N(c2c(-c3ccc(N(c4ccccc4)c4ccccc4)cc3)ccc3ccccc23)c2cccc(-c3cc4ccccc4c4ccccc34)c21. The van der Waals surface area contributed by atoms with Gasteiger partial charge in [-0.05, 0) is 109 Å². The van der Waals surface area contributed by atoms with Crippen LogP contribution in [0.1, 0.15) is 25.0 Å². The van der Waals surface area contributed by atoms with Crippen LogP contribution in [0.2, 0.25) is 0 Å². The molecule has 0 amide bonds. The first kappa shape index (κ1) is 34.8. The summed E-state index contributed by atoms with van der Waals surface area (Å²) in [7, 11) is 0. The van der Waals surface area contributed by atoms with E-state index in [0.29, 0.717) is 0 Å². The maximum absolute atomic E-state index is 2.56. The summed E-state index contributed by atoms with van der Waals surface area (Å²) in [6.07, 6.45) is 0. The van der Waals surface area contributed by atoms with Crippen molar-refractivity contribution in [3.05, 3.63) is 230 Å². The topological polar surface area (TPSA) is 6.48 Å². The predicted octanol–water partition coefficient (Wildman–Crippen LogP) is 16.1. The number of hydrogen-bond acceptors (Lipinski definition) is 2. The first-order valence-corrected chi connectivity index (χ1v) is 20.5. The van der Waals surface area contributed by atoms with Gasteiger partial charge in [-0.15, -0.1) is 0 Å². The van der Waals surface area contributed by atoms with Crippen LogP contribution in [-0.2, 0) is 5.41 Å². The lowest BCUT2D eigenvalue weighted by Crippen LogP contribution is -2.31. The molecule has 2 heteroatoms. The van der Waals surface area contributed by atoms with E-state index < -0.39 is 0 Å². The minimum atomic E-state index is -0.295. The number of benzene rings is 10. The van der Waals surface area contributed by atoms with Gasteiger partial charge in [-0.3, -0.25) is 0 Å². The quantitative estimate of drug-likeness (QED) is 0.156. The molecule has 0 saturated carbocycles. The molecule has 2 nitrogen and oxygen atoms in total. The molecule has 1 aliphatic heterocycles. The molecule has 0 bridgehead atoms. The van der Waals surface area contributed by atoms with E-state index in [2.05, 4.69) is 242 Å². The molecule has 1 heterocycles. The van der Waals surface area contributed by atoms with Crippen molar-refractivity contribution in [2.45, 2.75) is 19.3 Å². The molecule has 0 aliphatic carbocycles. The highest BCUT2D eigenvalue weighted by molar-refractivity contribution is 6.15. The second-order valence-electron chi connectivity index (χ2n) is 16.1. The number of rotatable bonds is 6. The Hall–Kier alpha value is -7.42. The van der Waals surface area contributed by atoms with Crippen LogP contribution in [0.25, 0.3) is 54.6 Å². The third kappa shape index (κ3) is 5.63. The van der Waals surface area contributed by atoms with Crippen molar-refractivity contribution in [3.63, 3.8) is 0 Å². The second kappa shape index (κ2) is 13.9. The fourth-order valence-electron chi connectivity index (χ4n) is 9.71. The smallest absolute Gasteiger partial charge is 0.0618 e. The van der Waals surface area contributed by atoms with E-state index in [1.54, 1.807) is 0 Å². The molecule has 59 heavy (non-hydrogen) atoms. The van der Waals surface area contributed by atoms with Crippen molar-refractivity contribution in [2.75, 3.05) is 9.80 Å². The molecule has 0 spiro atoms. The fraction of sp³-hybridized carbons (Fsp3) is 0.0526. The normalized spacial score (nSPS) is 13.0. The van der Waals surface area contributed by atoms with Crippen LogP contribution in [0.5, 0.6) is 0 Å². The molecule has 0 radical (unpaired) electrons. The third-order valence-corrected chi connectivity index (χ3v) is 12.4. The summed E-state index contributed by atoms with van der Waals surface area (Å²) >= 11 is 0. The Balaban J connectivity index is 1.15. The van der Waals surface area contributed by atoms with Crippen LogP contribution >= 0.6 is 0 Å². The van der Waals surface area contributed by atoms with Crippen LogP contribution in [0, 0.1) is 0 Å². The molecular weight excluding hydrogens is 713 g/mol. The highest BCUT2D eigenvalue weighted by Crippen LogP contribution is 2.57. The molecule has 0 aromatic heterocycles. The summed E-state index contributed by atoms with van der Waals surface area (Å²) in [5, 5.41) is 7.51. The average molecular weight is 755 g/mol. The molecule has 11 rings (SSSR count). The largest absolute Gasteiger partial charge is 0.311 e. The highest BCUT2D eigenvalue weighted by atomic mass is 15.2. The lowest BCUT2D eigenvalue weighted by atomic mass is 9.70. The predicted molar refractivity (Wildman–Crippen MR) is 251 cm³/mol. The zero-order valence-electron chi connectivity index (χ0n) is 33.2. The highest BCUT2D eigenvalue weighted by Gasteiger charge is 2.40. The van der Waals surface area contributed by atoms with E-state index in [1.165, 1.54) is 77.2 Å². The molecule has 0 fully saturated rings. The van der Waals surface area contributed by atoms with Crippen LogP contribution in [0.4, 0.5) is 34.1 Å². The summed E-state index contributed by atoms with van der Waals surface area (Å²) in [5.41, 5.74) is 14.2. The van der Waals surface area contributed by atoms with Gasteiger partial charge in [-0.1, -0.05) is 178 Å². The first-order valence-electron chi connectivity index (χ1n) is 20.5. The van der Waals surface area contributed by atoms with E-state index in [9.17, 15) is 0 Å². The standard InChI is InChI=1S/C57H42N2/c1-57(2)52-29-15-16-30-53(52)59(54-31-17-28-50(55(54)57)51-38-41-19-10-11-24-45(41)48-26-13-14-27-49(48)51)56-46-25-12-9-18-39(46)34-37-47(56)40-32-35-44(36-33-40)58(42-20-5-3-6-21-42)43-22-7-4-8-23-43/h3-38H,1-2H3. The Labute approximate surface area is 345 Å². The Bertz CT molecular complexity index is 3140. The Morgan fingerprint density at radius 3 is 1.66 bits per heavy atom. The Morgan fingerprint density at radius 1 is 0.373 bits per heavy atom. The molecule has 0 unspecified atom stereocenters. The molecule has 0 saturated heterocycles. The number of fused-ring (bicyclic) bond motifs is 6. The fourth-order valence-corrected chi connectivity index (χ4v) is 9.71. The van der Waals surface area contributed by atoms with Crippen molar-refractivity contribution in [1.82, 2.24) is 0 Å². The summed E-state index contributed by atoms with van der Waals surface area (Å²) in [6.45, 7) is 4.81. The van der Waals surface area contributed by atoms with Gasteiger partial charge in [0.05, 0.1) is 17.1 Å². The van der Waals surface area contributed by atoms with E-state index in [0.717, 1.165) is 22.6 Å². The van der Waals surface area contributed by atoms with Crippen LogP contribution in [0.15, 0.2) is 218 Å². The number of nitrogens with zero attached hydrogens (tertiary/aromatic N) is 2. The van der Waals surface area contributed by atoms with Crippen molar-refractivity contribution in [1.29, 1.82) is 0 Å². The van der Waals surface area contributed by atoms with Gasteiger partial charge in [0.15, 0.2) is 0 Å². The number of hydrogen-bond donors (Lipinski definition) is 0. The Morgan fingerprint density at radius 2 is 0.932 bits per heavy atom. The van der Waals surface area contributed by atoms with Gasteiger partial charge in [0, 0.05) is 33.4 Å². The summed E-state index contributed by atoms with van der Waals surface area (Å²) in [6, 6.07) is 79.9. The third-order valence-electron chi connectivity index (χ3n) is 12.4. The molecule has 10 aromatic carbocycles. The van der Waals surface area contributed by atoms with Crippen molar-refractivity contribution < 1.29 is 0 Å². The van der Waals surface area contributed by atoms with Gasteiger partial charge < -0.3 is 9.80 Å². The van der Waals surface area contributed by atoms with E-state index in [-0.39, 0.29) is 5.41 Å². The molecule has 0 N–H and O–H groups in total. The molecular formula is C57H42N2. The van der Waals surface area contributed by atoms with E-state index in [4.69, 9.17) is 0 Å². The van der Waals surface area contributed by atoms with Crippen molar-refractivity contribution in [2.24, 2.45) is 0 Å². The maximum atomic E-state index is 2.56. The van der Waals surface area contributed by atoms with Crippen LogP contribution in [-0.4, -0.2) is 0 Å². The van der Waals surface area contributed by atoms with Crippen molar-refractivity contribution >= 4 is 66.4 Å². The summed E-state index contributed by atoms with van der Waals surface area (Å²) < 4.78 is 0. The van der Waals surface area contributed by atoms with Crippen LogP contribution < -0.4 is 9.80 Å². The molecule has 0 atom stereocenters. The molecule has 280 valence electrons. The van der Waals surface area contributed by atoms with E-state index >= 15 is 0 Å². The van der Waals surface area contributed by atoms with Gasteiger partial charge in [0.25, 0.3) is 0 Å². The monoisotopic (exact) mass is 754 g/mol. The van der Waals surface area contributed by atoms with Gasteiger partial charge in [-0.25, -0.2) is 0 Å². The second-order valence-corrected chi connectivity index (χ2v) is 16.1. The summed E-state index contributed by atoms with van der Waals surface area (Å²) in [5.74, 6) is 0. The number of anilines is 6.